The standard InChI is InChI=1S/C13H9BrFN3O2S/c14-10-2-1-3-11(15)13(10)18-21(19,20)12-5-4-9(17)6-8(12)7-16/h1-6,18H,17H2. The number of hydrogen-bond donors (Lipinski definition) is 2. The first-order chi connectivity index (χ1) is 9.85. The molecule has 0 unspecified atom stereocenters. The van der Waals surface area contributed by atoms with Gasteiger partial charge < -0.3 is 5.73 Å². The number of nitrogens with one attached hydrogen (secondary N) is 1. The van der Waals surface area contributed by atoms with E-state index in [1.165, 1.54) is 30.3 Å². The molecular weight excluding hydrogens is 361 g/mol. The number of nitrogen functional groups attached to an aromatic ring is 1. The Labute approximate surface area is 129 Å². The van der Waals surface area contributed by atoms with E-state index in [0.29, 0.717) is 0 Å². The topological polar surface area (TPSA) is 96.0 Å². The zero-order valence-electron chi connectivity index (χ0n) is 10.5. The van der Waals surface area contributed by atoms with Crippen LogP contribution in [0, 0.1) is 17.1 Å². The average Bonchev–Trinajstić information content (AvgIpc) is 2.42. The van der Waals surface area contributed by atoms with Gasteiger partial charge in [-0.2, -0.15) is 5.26 Å². The van der Waals surface area contributed by atoms with E-state index in [4.69, 9.17) is 11.0 Å². The van der Waals surface area contributed by atoms with Gasteiger partial charge in [0.1, 0.15) is 16.8 Å². The maximum absolute atomic E-state index is 13.7. The molecule has 0 aliphatic heterocycles. The van der Waals surface area contributed by atoms with Gasteiger partial charge in [-0.05, 0) is 46.3 Å². The Kier molecular flexibility index (Phi) is 4.16. The molecule has 0 amide bonds. The van der Waals surface area contributed by atoms with Crippen molar-refractivity contribution in [2.24, 2.45) is 0 Å². The summed E-state index contributed by atoms with van der Waals surface area (Å²) in [5.74, 6) is -0.734. The van der Waals surface area contributed by atoms with Crippen molar-refractivity contribution in [2.75, 3.05) is 10.5 Å². The zero-order chi connectivity index (χ0) is 15.6. The molecule has 8 heteroatoms. The Morgan fingerprint density at radius 1 is 1.29 bits per heavy atom. The molecule has 108 valence electrons. The van der Waals surface area contributed by atoms with Crippen molar-refractivity contribution < 1.29 is 12.8 Å². The summed E-state index contributed by atoms with van der Waals surface area (Å²) in [6.45, 7) is 0. The lowest BCUT2D eigenvalue weighted by Crippen LogP contribution is -2.16. The normalized spacial score (nSPS) is 10.9. The second kappa shape index (κ2) is 5.71. The molecule has 2 rings (SSSR count). The average molecular weight is 370 g/mol. The summed E-state index contributed by atoms with van der Waals surface area (Å²) >= 11 is 3.07. The summed E-state index contributed by atoms with van der Waals surface area (Å²) in [5.41, 5.74) is 5.44. The molecule has 2 aromatic rings. The van der Waals surface area contributed by atoms with Crippen LogP contribution < -0.4 is 10.5 Å². The number of para-hydroxylation sites is 1. The van der Waals surface area contributed by atoms with Crippen molar-refractivity contribution in [3.8, 4) is 6.07 Å². The predicted octanol–water partition coefficient (Wildman–Crippen LogP) is 2.84. The van der Waals surface area contributed by atoms with Gasteiger partial charge >= 0.3 is 0 Å². The second-order valence-corrected chi connectivity index (χ2v) is 6.57. The lowest BCUT2D eigenvalue weighted by atomic mass is 10.2. The minimum Gasteiger partial charge on any atom is -0.399 e. The van der Waals surface area contributed by atoms with Crippen molar-refractivity contribution >= 4 is 37.3 Å². The van der Waals surface area contributed by atoms with E-state index in [-0.39, 0.29) is 26.3 Å². The van der Waals surface area contributed by atoms with Crippen molar-refractivity contribution in [3.63, 3.8) is 0 Å². The van der Waals surface area contributed by atoms with Crippen LogP contribution in [0.3, 0.4) is 0 Å². The van der Waals surface area contributed by atoms with Crippen LogP contribution in [0.2, 0.25) is 0 Å². The third kappa shape index (κ3) is 3.15. The third-order valence-corrected chi connectivity index (χ3v) is 4.68. The van der Waals surface area contributed by atoms with E-state index in [1.54, 1.807) is 6.07 Å². The van der Waals surface area contributed by atoms with Crippen LogP contribution in [0.5, 0.6) is 0 Å². The predicted molar refractivity (Wildman–Crippen MR) is 80.5 cm³/mol. The minimum absolute atomic E-state index is 0.116. The molecular formula is C13H9BrFN3O2S. The molecule has 0 bridgehead atoms. The lowest BCUT2D eigenvalue weighted by molar-refractivity contribution is 0.598. The van der Waals surface area contributed by atoms with Crippen LogP contribution in [0.15, 0.2) is 45.8 Å². The van der Waals surface area contributed by atoms with E-state index in [2.05, 4.69) is 20.7 Å². The molecule has 5 nitrogen and oxygen atoms in total. The van der Waals surface area contributed by atoms with Gasteiger partial charge in [-0.1, -0.05) is 6.07 Å². The smallest absolute Gasteiger partial charge is 0.263 e. The Morgan fingerprint density at radius 2 is 2.00 bits per heavy atom. The summed E-state index contributed by atoms with van der Waals surface area (Å²) in [6, 6.07) is 9.59. The first-order valence-corrected chi connectivity index (χ1v) is 7.89. The fraction of sp³-hybridized carbons (Fsp3) is 0. The van der Waals surface area contributed by atoms with Crippen molar-refractivity contribution in [2.45, 2.75) is 4.90 Å². The van der Waals surface area contributed by atoms with E-state index < -0.39 is 15.8 Å². The SMILES string of the molecule is N#Cc1cc(N)ccc1S(=O)(=O)Nc1c(F)cccc1Br. The second-order valence-electron chi connectivity index (χ2n) is 4.07. The number of anilines is 2. The van der Waals surface area contributed by atoms with E-state index in [1.807, 2.05) is 0 Å². The monoisotopic (exact) mass is 369 g/mol. The molecule has 2 aromatic carbocycles. The number of hydrogen-bond acceptors (Lipinski definition) is 4. The molecule has 21 heavy (non-hydrogen) atoms. The molecule has 3 N–H and O–H groups in total. The summed E-state index contributed by atoms with van der Waals surface area (Å²) in [5, 5.41) is 9.00. The van der Waals surface area contributed by atoms with Gasteiger partial charge in [-0.25, -0.2) is 12.8 Å². The largest absolute Gasteiger partial charge is 0.399 e. The van der Waals surface area contributed by atoms with Crippen LogP contribution in [0.4, 0.5) is 15.8 Å². The molecule has 0 atom stereocenters. The quantitative estimate of drug-likeness (QED) is 0.812. The Bertz CT molecular complexity index is 827. The highest BCUT2D eigenvalue weighted by atomic mass is 79.9. The van der Waals surface area contributed by atoms with Gasteiger partial charge in [0.05, 0.1) is 11.3 Å². The molecule has 0 heterocycles. The highest BCUT2D eigenvalue weighted by Gasteiger charge is 2.21. The first-order valence-electron chi connectivity index (χ1n) is 5.61. The molecule has 0 aliphatic rings. The summed E-state index contributed by atoms with van der Waals surface area (Å²) in [6.07, 6.45) is 0. The maximum Gasteiger partial charge on any atom is 0.263 e. The van der Waals surface area contributed by atoms with Crippen LogP contribution in [-0.4, -0.2) is 8.42 Å². The first kappa shape index (κ1) is 15.3. The molecule has 0 fully saturated rings. The van der Waals surface area contributed by atoms with Gasteiger partial charge in [0.15, 0.2) is 0 Å². The number of halogens is 2. The summed E-state index contributed by atoms with van der Waals surface area (Å²) in [4.78, 5) is -0.269. The van der Waals surface area contributed by atoms with Gasteiger partial charge in [-0.15, -0.1) is 0 Å². The molecule has 0 saturated carbocycles. The Hall–Kier alpha value is -2.11. The highest BCUT2D eigenvalue weighted by molar-refractivity contribution is 9.10. The van der Waals surface area contributed by atoms with E-state index in [9.17, 15) is 12.8 Å². The minimum atomic E-state index is -4.12. The molecule has 0 spiro atoms. The van der Waals surface area contributed by atoms with Gasteiger partial charge in [0, 0.05) is 10.2 Å². The van der Waals surface area contributed by atoms with Crippen molar-refractivity contribution in [1.29, 1.82) is 5.26 Å². The van der Waals surface area contributed by atoms with E-state index >= 15 is 0 Å². The van der Waals surface area contributed by atoms with Crippen LogP contribution >= 0.6 is 15.9 Å². The third-order valence-electron chi connectivity index (χ3n) is 2.61. The van der Waals surface area contributed by atoms with Crippen LogP contribution in [-0.2, 0) is 10.0 Å². The molecule has 0 radical (unpaired) electrons. The number of rotatable bonds is 3. The molecule has 0 aliphatic carbocycles. The number of nitriles is 1. The van der Waals surface area contributed by atoms with Crippen molar-refractivity contribution in [1.82, 2.24) is 0 Å². The number of benzene rings is 2. The number of sulfonamides is 1. The van der Waals surface area contributed by atoms with E-state index in [0.717, 1.165) is 6.07 Å². The van der Waals surface area contributed by atoms with Crippen LogP contribution in [0.25, 0.3) is 0 Å². The van der Waals surface area contributed by atoms with Crippen LogP contribution in [0.1, 0.15) is 5.56 Å². The lowest BCUT2D eigenvalue weighted by Gasteiger charge is -2.11. The molecule has 0 aromatic heterocycles. The highest BCUT2D eigenvalue weighted by Crippen LogP contribution is 2.28. The Balaban J connectivity index is 2.52. The fourth-order valence-corrected chi connectivity index (χ4v) is 3.45. The zero-order valence-corrected chi connectivity index (χ0v) is 12.9. The fourth-order valence-electron chi connectivity index (χ4n) is 1.65. The van der Waals surface area contributed by atoms with Gasteiger partial charge in [-0.3, -0.25) is 4.72 Å². The summed E-state index contributed by atoms with van der Waals surface area (Å²) < 4.78 is 40.7. The van der Waals surface area contributed by atoms with Crippen molar-refractivity contribution in [3.05, 3.63) is 52.3 Å². The maximum atomic E-state index is 13.7. The molecule has 0 saturated heterocycles. The number of nitrogens with zero attached hydrogens (tertiary/aromatic N) is 1. The number of nitrogens with two attached hydrogens (primary N) is 1. The van der Waals surface area contributed by atoms with Gasteiger partial charge in [0.2, 0.25) is 0 Å². The van der Waals surface area contributed by atoms with Gasteiger partial charge in [0.25, 0.3) is 10.0 Å². The Morgan fingerprint density at radius 3 is 2.62 bits per heavy atom. The summed E-state index contributed by atoms with van der Waals surface area (Å²) in [7, 11) is -4.12.